The fourth-order valence-corrected chi connectivity index (χ4v) is 5.35. The van der Waals surface area contributed by atoms with Crippen LogP contribution in [0.15, 0.2) is 55.0 Å². The van der Waals surface area contributed by atoms with Crippen LogP contribution in [0.3, 0.4) is 0 Å². The highest BCUT2D eigenvalue weighted by Crippen LogP contribution is 2.27. The van der Waals surface area contributed by atoms with Crippen molar-refractivity contribution < 1.29 is 8.42 Å². The molecule has 0 amide bonds. The molecule has 5 rings (SSSR count). The van der Waals surface area contributed by atoms with Crippen molar-refractivity contribution in [3.05, 3.63) is 66.1 Å². The summed E-state index contributed by atoms with van der Waals surface area (Å²) in [6, 6.07) is 11.8. The summed E-state index contributed by atoms with van der Waals surface area (Å²) in [5.74, 6) is 3.51. The van der Waals surface area contributed by atoms with Gasteiger partial charge in [-0.2, -0.15) is 5.10 Å². The number of aryl methyl sites for hydroxylation is 1. The Morgan fingerprint density at radius 3 is 2.65 bits per heavy atom. The van der Waals surface area contributed by atoms with Gasteiger partial charge in [-0.05, 0) is 47.5 Å². The predicted molar refractivity (Wildman–Crippen MR) is 133 cm³/mol. The number of hydrogen-bond acceptors (Lipinski definition) is 7. The van der Waals surface area contributed by atoms with E-state index in [2.05, 4.69) is 43.3 Å². The molecule has 0 saturated carbocycles. The van der Waals surface area contributed by atoms with Crippen LogP contribution >= 0.6 is 0 Å². The molecule has 0 unspecified atom stereocenters. The highest BCUT2D eigenvalue weighted by atomic mass is 32.2. The second kappa shape index (κ2) is 8.89. The van der Waals surface area contributed by atoms with Gasteiger partial charge in [-0.15, -0.1) is 6.42 Å². The predicted octanol–water partition coefficient (Wildman–Crippen LogP) is 2.99. The van der Waals surface area contributed by atoms with Crippen LogP contribution in [0.4, 0.5) is 11.6 Å². The third kappa shape index (κ3) is 4.93. The first-order valence-electron chi connectivity index (χ1n) is 10.9. The molecule has 0 spiro atoms. The van der Waals surface area contributed by atoms with E-state index in [9.17, 15) is 8.42 Å². The molecule has 0 radical (unpaired) electrons. The lowest BCUT2D eigenvalue weighted by molar-refractivity contribution is 0.288. The summed E-state index contributed by atoms with van der Waals surface area (Å²) in [6.07, 6.45) is 11.0. The van der Waals surface area contributed by atoms with E-state index < -0.39 is 9.84 Å². The monoisotopic (exact) mass is 472 g/mol. The van der Waals surface area contributed by atoms with Gasteiger partial charge in [-0.25, -0.2) is 18.4 Å². The summed E-state index contributed by atoms with van der Waals surface area (Å²) < 4.78 is 25.4. The van der Waals surface area contributed by atoms with Gasteiger partial charge in [0.25, 0.3) is 0 Å². The fraction of sp³-hybridized carbons (Fsp3) is 0.240. The molecule has 1 fully saturated rings. The van der Waals surface area contributed by atoms with Gasteiger partial charge in [0.1, 0.15) is 0 Å². The summed E-state index contributed by atoms with van der Waals surface area (Å²) in [4.78, 5) is 11.3. The summed E-state index contributed by atoms with van der Waals surface area (Å²) in [5, 5.41) is 8.51. The minimum atomic E-state index is -2.92. The first-order chi connectivity index (χ1) is 16.4. The van der Waals surface area contributed by atoms with E-state index in [1.165, 1.54) is 0 Å². The van der Waals surface area contributed by atoms with E-state index >= 15 is 0 Å². The Kier molecular flexibility index (Phi) is 5.77. The summed E-state index contributed by atoms with van der Waals surface area (Å²) >= 11 is 0. The van der Waals surface area contributed by atoms with Crippen LogP contribution in [0.1, 0.15) is 11.1 Å². The summed E-state index contributed by atoms with van der Waals surface area (Å²) in [7, 11) is -1.04. The number of benzene rings is 2. The van der Waals surface area contributed by atoms with Crippen molar-refractivity contribution in [3.63, 3.8) is 0 Å². The minimum Gasteiger partial charge on any atom is -0.324 e. The van der Waals surface area contributed by atoms with Gasteiger partial charge in [0.2, 0.25) is 5.95 Å². The van der Waals surface area contributed by atoms with Crippen LogP contribution in [0.2, 0.25) is 0 Å². The van der Waals surface area contributed by atoms with Crippen LogP contribution in [0, 0.1) is 12.3 Å². The third-order valence-electron chi connectivity index (χ3n) is 5.88. The summed E-state index contributed by atoms with van der Waals surface area (Å²) in [5.41, 5.74) is 5.51. The van der Waals surface area contributed by atoms with Crippen LogP contribution in [-0.2, 0) is 23.4 Å². The molecule has 4 aromatic rings. The van der Waals surface area contributed by atoms with Gasteiger partial charge in [-0.1, -0.05) is 5.92 Å². The van der Waals surface area contributed by atoms with Crippen molar-refractivity contribution in [2.24, 2.45) is 7.05 Å². The molecular weight excluding hydrogens is 448 g/mol. The largest absolute Gasteiger partial charge is 0.324 e. The standard InChI is InChI=1S/C25H24N6O2S/c1-3-18-4-5-24-21(10-18)14-26-25(29-24)28-23-12-19(16-31-6-8-34(32,33)9-7-31)11-20(13-23)22-15-27-30(2)17-22/h1,4-5,10-15,17H,6-9,16H2,2H3,(H,26,28,29). The van der Waals surface area contributed by atoms with E-state index in [-0.39, 0.29) is 11.5 Å². The average Bonchev–Trinajstić information content (AvgIpc) is 3.26. The van der Waals surface area contributed by atoms with E-state index in [1.54, 1.807) is 10.9 Å². The normalized spacial score (nSPS) is 15.8. The molecule has 9 heteroatoms. The first kappa shape index (κ1) is 22.1. The van der Waals surface area contributed by atoms with Crippen LogP contribution in [-0.4, -0.2) is 57.7 Å². The Bertz CT molecular complexity index is 1510. The second-order valence-electron chi connectivity index (χ2n) is 8.49. The maximum Gasteiger partial charge on any atom is 0.227 e. The molecule has 1 aliphatic heterocycles. The highest BCUT2D eigenvalue weighted by molar-refractivity contribution is 7.91. The van der Waals surface area contributed by atoms with Gasteiger partial charge in [0.05, 0.1) is 23.2 Å². The molecule has 2 aromatic heterocycles. The zero-order valence-corrected chi connectivity index (χ0v) is 19.6. The molecule has 172 valence electrons. The number of terminal acetylenes is 1. The number of nitrogens with one attached hydrogen (secondary N) is 1. The zero-order chi connectivity index (χ0) is 23.7. The van der Waals surface area contributed by atoms with E-state index in [4.69, 9.17) is 6.42 Å². The SMILES string of the molecule is C#Cc1ccc2nc(Nc3cc(CN4CCS(=O)(=O)CC4)cc(-c4cnn(C)c4)c3)ncc2c1. The second-order valence-corrected chi connectivity index (χ2v) is 10.8. The Balaban J connectivity index is 1.45. The van der Waals surface area contributed by atoms with Crippen molar-refractivity contribution >= 4 is 32.4 Å². The first-order valence-corrected chi connectivity index (χ1v) is 12.8. The number of anilines is 2. The smallest absolute Gasteiger partial charge is 0.227 e. The lowest BCUT2D eigenvalue weighted by Gasteiger charge is -2.26. The maximum atomic E-state index is 11.8. The number of nitrogens with zero attached hydrogens (tertiary/aromatic N) is 5. The van der Waals surface area contributed by atoms with E-state index in [1.807, 2.05) is 43.7 Å². The number of hydrogen-bond donors (Lipinski definition) is 1. The Labute approximate surface area is 198 Å². The molecule has 1 saturated heterocycles. The van der Waals surface area contributed by atoms with Crippen molar-refractivity contribution in [1.82, 2.24) is 24.6 Å². The molecule has 0 aliphatic carbocycles. The molecule has 1 aliphatic rings. The molecule has 3 heterocycles. The molecule has 1 N–H and O–H groups in total. The van der Waals surface area contributed by atoms with E-state index in [0.717, 1.165) is 38.8 Å². The number of rotatable bonds is 5. The zero-order valence-electron chi connectivity index (χ0n) is 18.8. The van der Waals surface area contributed by atoms with Gasteiger partial charge in [0, 0.05) is 61.3 Å². The molecule has 2 aromatic carbocycles. The average molecular weight is 473 g/mol. The van der Waals surface area contributed by atoms with Crippen molar-refractivity contribution in [3.8, 4) is 23.5 Å². The molecule has 34 heavy (non-hydrogen) atoms. The van der Waals surface area contributed by atoms with Crippen LogP contribution in [0.25, 0.3) is 22.0 Å². The molecule has 8 nitrogen and oxygen atoms in total. The maximum absolute atomic E-state index is 11.8. The Morgan fingerprint density at radius 2 is 1.91 bits per heavy atom. The molecular formula is C25H24N6O2S. The number of fused-ring (bicyclic) bond motifs is 1. The van der Waals surface area contributed by atoms with Gasteiger partial charge in [0.15, 0.2) is 9.84 Å². The fourth-order valence-electron chi connectivity index (χ4n) is 4.07. The highest BCUT2D eigenvalue weighted by Gasteiger charge is 2.21. The minimum absolute atomic E-state index is 0.201. The topological polar surface area (TPSA) is 93.0 Å². The van der Waals surface area contributed by atoms with Gasteiger partial charge >= 0.3 is 0 Å². The third-order valence-corrected chi connectivity index (χ3v) is 7.49. The molecule has 0 atom stereocenters. The lowest BCUT2D eigenvalue weighted by Crippen LogP contribution is -2.39. The Hall–Kier alpha value is -3.74. The molecule has 0 bridgehead atoms. The number of sulfone groups is 1. The van der Waals surface area contributed by atoms with Crippen LogP contribution < -0.4 is 5.32 Å². The summed E-state index contributed by atoms with van der Waals surface area (Å²) in [6.45, 7) is 1.73. The van der Waals surface area contributed by atoms with Crippen LogP contribution in [0.5, 0.6) is 0 Å². The van der Waals surface area contributed by atoms with Crippen molar-refractivity contribution in [2.45, 2.75) is 6.54 Å². The lowest BCUT2D eigenvalue weighted by atomic mass is 10.0. The number of aromatic nitrogens is 4. The van der Waals surface area contributed by atoms with Crippen molar-refractivity contribution in [1.29, 1.82) is 0 Å². The van der Waals surface area contributed by atoms with Gasteiger partial charge < -0.3 is 5.32 Å². The van der Waals surface area contributed by atoms with E-state index in [0.29, 0.717) is 25.6 Å². The van der Waals surface area contributed by atoms with Gasteiger partial charge in [-0.3, -0.25) is 9.58 Å². The van der Waals surface area contributed by atoms with Crippen molar-refractivity contribution in [2.75, 3.05) is 29.9 Å². The Morgan fingerprint density at radius 1 is 1.09 bits per heavy atom. The quantitative estimate of drug-likeness (QED) is 0.447.